The largest absolute Gasteiger partial charge is 0.375 e. The molecule has 3 heterocycles. The molecule has 0 radical (unpaired) electrons. The highest BCUT2D eigenvalue weighted by atomic mass is 16.5. The van der Waals surface area contributed by atoms with Crippen molar-refractivity contribution in [1.29, 1.82) is 0 Å². The number of carbonyl (C=O) groups excluding carboxylic acids is 1. The van der Waals surface area contributed by atoms with Gasteiger partial charge in [0, 0.05) is 31.9 Å². The first kappa shape index (κ1) is 15.1. The van der Waals surface area contributed by atoms with Crippen LogP contribution in [0, 0.1) is 0 Å². The number of hydroxylamine groups is 1. The minimum atomic E-state index is -0.502. The fourth-order valence-electron chi connectivity index (χ4n) is 4.22. The quantitative estimate of drug-likeness (QED) is 0.641. The van der Waals surface area contributed by atoms with E-state index in [9.17, 15) is 4.79 Å². The fraction of sp³-hybridized carbons (Fsp3) is 0.647. The van der Waals surface area contributed by atoms with Gasteiger partial charge in [0.05, 0.1) is 16.9 Å². The van der Waals surface area contributed by atoms with Crippen LogP contribution in [0.2, 0.25) is 0 Å². The lowest BCUT2D eigenvalue weighted by Gasteiger charge is -2.53. The van der Waals surface area contributed by atoms with Crippen molar-refractivity contribution in [3.63, 3.8) is 0 Å². The summed E-state index contributed by atoms with van der Waals surface area (Å²) in [6.07, 6.45) is 8.45. The first-order valence-corrected chi connectivity index (χ1v) is 8.49. The predicted molar refractivity (Wildman–Crippen MR) is 83.2 cm³/mol. The van der Waals surface area contributed by atoms with E-state index in [1.165, 1.54) is 19.3 Å². The van der Waals surface area contributed by atoms with Crippen molar-refractivity contribution in [1.82, 2.24) is 15.4 Å². The lowest BCUT2D eigenvalue weighted by molar-refractivity contribution is -0.162. The molecule has 3 aliphatic rings. The van der Waals surface area contributed by atoms with Crippen LogP contribution in [0.4, 0.5) is 0 Å². The van der Waals surface area contributed by atoms with Gasteiger partial charge >= 0.3 is 0 Å². The Morgan fingerprint density at radius 2 is 2.30 bits per heavy atom. The Bertz CT molecular complexity index is 605. The summed E-state index contributed by atoms with van der Waals surface area (Å²) >= 11 is 0. The van der Waals surface area contributed by atoms with E-state index >= 15 is 0 Å². The van der Waals surface area contributed by atoms with Crippen molar-refractivity contribution in [3.05, 3.63) is 29.1 Å². The number of carbonyl (C=O) groups is 1. The van der Waals surface area contributed by atoms with Crippen LogP contribution in [0.15, 0.2) is 12.3 Å². The van der Waals surface area contributed by atoms with E-state index in [1.807, 2.05) is 6.07 Å². The molecule has 0 bridgehead atoms. The lowest BCUT2D eigenvalue weighted by Crippen LogP contribution is -2.58. The van der Waals surface area contributed by atoms with Gasteiger partial charge in [-0.05, 0) is 50.2 Å². The molecule has 6 heteroatoms. The molecule has 1 spiro atoms. The average Bonchev–Trinajstić information content (AvgIpc) is 2.58. The Kier molecular flexibility index (Phi) is 3.83. The third-order valence-corrected chi connectivity index (χ3v) is 5.61. The topological polar surface area (TPSA) is 74.7 Å². The number of aromatic nitrogens is 1. The number of hydrogen-bond acceptors (Lipinski definition) is 5. The van der Waals surface area contributed by atoms with Gasteiger partial charge in [-0.25, -0.2) is 5.48 Å². The lowest BCUT2D eigenvalue weighted by atomic mass is 9.70. The Balaban J connectivity index is 1.41. The van der Waals surface area contributed by atoms with Crippen molar-refractivity contribution in [3.8, 4) is 0 Å². The highest BCUT2D eigenvalue weighted by molar-refractivity contribution is 5.93. The van der Waals surface area contributed by atoms with Crippen LogP contribution in [-0.2, 0) is 17.7 Å². The molecule has 0 aromatic carbocycles. The summed E-state index contributed by atoms with van der Waals surface area (Å²) in [7, 11) is 0. The van der Waals surface area contributed by atoms with E-state index in [-0.39, 0.29) is 5.60 Å². The zero-order chi connectivity index (χ0) is 15.9. The van der Waals surface area contributed by atoms with Crippen LogP contribution in [0.3, 0.4) is 0 Å². The maximum absolute atomic E-state index is 11.5. The summed E-state index contributed by atoms with van der Waals surface area (Å²) in [4.78, 5) is 18.4. The Hall–Kier alpha value is -1.50. The number of fused-ring (bicyclic) bond motifs is 1. The summed E-state index contributed by atoms with van der Waals surface area (Å²) in [5.41, 5.74) is 4.41. The molecule has 124 valence electrons. The van der Waals surface area contributed by atoms with E-state index in [0.717, 1.165) is 50.2 Å². The van der Waals surface area contributed by atoms with Crippen LogP contribution < -0.4 is 5.48 Å². The van der Waals surface area contributed by atoms with Gasteiger partial charge in [0.25, 0.3) is 5.91 Å². The summed E-state index contributed by atoms with van der Waals surface area (Å²) in [6, 6.07) is 2.45. The summed E-state index contributed by atoms with van der Waals surface area (Å²) in [5.74, 6) is -0.502. The molecule has 1 amide bonds. The molecular formula is C17H23N3O3. The van der Waals surface area contributed by atoms with Crippen LogP contribution in [-0.4, -0.2) is 45.8 Å². The zero-order valence-corrected chi connectivity index (χ0v) is 13.3. The van der Waals surface area contributed by atoms with Crippen molar-refractivity contribution in [2.45, 2.75) is 56.7 Å². The zero-order valence-electron chi connectivity index (χ0n) is 13.3. The molecule has 4 rings (SSSR count). The van der Waals surface area contributed by atoms with Gasteiger partial charge in [-0.2, -0.15) is 0 Å². The highest BCUT2D eigenvalue weighted by Crippen LogP contribution is 2.45. The fourth-order valence-corrected chi connectivity index (χ4v) is 4.22. The molecule has 23 heavy (non-hydrogen) atoms. The van der Waals surface area contributed by atoms with Gasteiger partial charge in [-0.1, -0.05) is 0 Å². The molecule has 1 saturated heterocycles. The van der Waals surface area contributed by atoms with Crippen molar-refractivity contribution in [2.24, 2.45) is 0 Å². The number of nitrogens with zero attached hydrogens (tertiary/aromatic N) is 2. The predicted octanol–water partition coefficient (Wildman–Crippen LogP) is 1.66. The number of ether oxygens (including phenoxy) is 1. The summed E-state index contributed by atoms with van der Waals surface area (Å²) in [5, 5.41) is 8.72. The van der Waals surface area contributed by atoms with Gasteiger partial charge in [0.15, 0.2) is 0 Å². The minimum Gasteiger partial charge on any atom is -0.375 e. The molecule has 6 nitrogen and oxygen atoms in total. The Morgan fingerprint density at radius 3 is 3.04 bits per heavy atom. The van der Waals surface area contributed by atoms with Gasteiger partial charge in [-0.3, -0.25) is 19.9 Å². The second kappa shape index (κ2) is 5.85. The first-order chi connectivity index (χ1) is 11.2. The number of amides is 1. The number of hydrogen-bond donors (Lipinski definition) is 2. The van der Waals surface area contributed by atoms with E-state index in [2.05, 4.69) is 9.88 Å². The van der Waals surface area contributed by atoms with Crippen LogP contribution in [0.5, 0.6) is 0 Å². The maximum Gasteiger partial charge on any atom is 0.276 e. The van der Waals surface area contributed by atoms with Crippen molar-refractivity contribution < 1.29 is 14.7 Å². The van der Waals surface area contributed by atoms with Gasteiger partial charge in [0.1, 0.15) is 0 Å². The van der Waals surface area contributed by atoms with Crippen molar-refractivity contribution >= 4 is 5.91 Å². The minimum absolute atomic E-state index is 0.166. The van der Waals surface area contributed by atoms with Crippen LogP contribution in [0.25, 0.3) is 0 Å². The van der Waals surface area contributed by atoms with E-state index in [4.69, 9.17) is 9.94 Å². The van der Waals surface area contributed by atoms with E-state index in [1.54, 1.807) is 11.7 Å². The molecule has 2 N–H and O–H groups in total. The van der Waals surface area contributed by atoms with Crippen LogP contribution >= 0.6 is 0 Å². The molecule has 2 aliphatic heterocycles. The summed E-state index contributed by atoms with van der Waals surface area (Å²) in [6.45, 7) is 2.77. The molecule has 1 saturated carbocycles. The molecule has 1 aromatic rings. The third kappa shape index (κ3) is 2.75. The molecule has 0 unspecified atom stereocenters. The van der Waals surface area contributed by atoms with E-state index in [0.29, 0.717) is 11.6 Å². The van der Waals surface area contributed by atoms with Crippen LogP contribution in [0.1, 0.15) is 53.7 Å². The van der Waals surface area contributed by atoms with E-state index < -0.39 is 5.91 Å². The molecular weight excluding hydrogens is 294 g/mol. The first-order valence-electron chi connectivity index (χ1n) is 8.49. The highest BCUT2D eigenvalue weighted by Gasteiger charge is 2.48. The van der Waals surface area contributed by atoms with Gasteiger partial charge in [-0.15, -0.1) is 0 Å². The van der Waals surface area contributed by atoms with Crippen molar-refractivity contribution in [2.75, 3.05) is 13.2 Å². The molecule has 1 aromatic heterocycles. The maximum atomic E-state index is 11.5. The molecule has 0 atom stereocenters. The SMILES string of the molecule is O=C(NO)c1cnc2c(c1)CCN(C1CC3(CCCCO3)C1)C2. The average molecular weight is 317 g/mol. The Morgan fingerprint density at radius 1 is 1.43 bits per heavy atom. The van der Waals surface area contributed by atoms with Gasteiger partial charge < -0.3 is 4.74 Å². The summed E-state index contributed by atoms with van der Waals surface area (Å²) < 4.78 is 6.04. The second-order valence-electron chi connectivity index (χ2n) is 7.04. The molecule has 1 aliphatic carbocycles. The normalized spacial score (nSPS) is 30.6. The molecule has 2 fully saturated rings. The number of nitrogens with one attached hydrogen (secondary N) is 1. The number of pyridine rings is 1. The third-order valence-electron chi connectivity index (χ3n) is 5.61. The Labute approximate surface area is 135 Å². The number of rotatable bonds is 2. The monoisotopic (exact) mass is 317 g/mol. The van der Waals surface area contributed by atoms with Gasteiger partial charge in [0.2, 0.25) is 0 Å². The smallest absolute Gasteiger partial charge is 0.276 e. The standard InChI is InChI=1S/C17H23N3O3/c21-16(19-22)13-7-12-3-5-20(11-15(12)18-10-13)14-8-17(9-14)4-1-2-6-23-17/h7,10,14,22H,1-6,8-9,11H2,(H,19,21). The second-order valence-corrected chi connectivity index (χ2v) is 7.04.